The molecule has 1 heterocycles. The number of aliphatic imine (C=N–C) groups is 1. The average molecular weight is 229 g/mol. The van der Waals surface area contributed by atoms with Gasteiger partial charge < -0.3 is 5.32 Å². The van der Waals surface area contributed by atoms with Crippen LogP contribution in [-0.2, 0) is 11.2 Å². The second-order valence-corrected chi connectivity index (χ2v) is 3.85. The van der Waals surface area contributed by atoms with Crippen molar-refractivity contribution in [1.29, 1.82) is 0 Å². The molecule has 0 bridgehead atoms. The molecule has 88 valence electrons. The first-order valence-electron chi connectivity index (χ1n) is 5.56. The van der Waals surface area contributed by atoms with Crippen LogP contribution in [0.25, 0.3) is 0 Å². The average Bonchev–Trinajstić information content (AvgIpc) is 2.69. The molecule has 1 fully saturated rings. The van der Waals surface area contributed by atoms with Crippen molar-refractivity contribution >= 4 is 11.9 Å². The zero-order valence-electron chi connectivity index (χ0n) is 9.52. The van der Waals surface area contributed by atoms with Crippen LogP contribution < -0.4 is 10.6 Å². The number of nitrogens with one attached hydrogen (secondary N) is 2. The standard InChI is InChI=1S/C13H15N3O/c1-2-8-14-13-15-11(12(17)16-13)9-10-6-4-3-5-7-10/h2-7,11H,1,8-9H2,(H2,14,15,16,17). The van der Waals surface area contributed by atoms with E-state index in [1.807, 2.05) is 30.3 Å². The monoisotopic (exact) mass is 229 g/mol. The molecule has 0 aromatic heterocycles. The van der Waals surface area contributed by atoms with Crippen LogP contribution in [0.1, 0.15) is 5.56 Å². The maximum atomic E-state index is 11.7. The lowest BCUT2D eigenvalue weighted by Gasteiger charge is -2.07. The van der Waals surface area contributed by atoms with Crippen LogP contribution in [0, 0.1) is 0 Å². The minimum atomic E-state index is -0.235. The Hall–Kier alpha value is -2.10. The molecule has 0 radical (unpaired) electrons. The van der Waals surface area contributed by atoms with Gasteiger partial charge in [-0.15, -0.1) is 6.58 Å². The van der Waals surface area contributed by atoms with Crippen molar-refractivity contribution in [1.82, 2.24) is 10.6 Å². The molecular weight excluding hydrogens is 214 g/mol. The molecule has 2 rings (SSSR count). The summed E-state index contributed by atoms with van der Waals surface area (Å²) in [5.74, 6) is 0.507. The van der Waals surface area contributed by atoms with Gasteiger partial charge in [0, 0.05) is 6.42 Å². The second-order valence-electron chi connectivity index (χ2n) is 3.85. The van der Waals surface area contributed by atoms with Gasteiger partial charge in [-0.1, -0.05) is 36.4 Å². The van der Waals surface area contributed by atoms with E-state index >= 15 is 0 Å². The van der Waals surface area contributed by atoms with Gasteiger partial charge >= 0.3 is 0 Å². The summed E-state index contributed by atoms with van der Waals surface area (Å²) < 4.78 is 0. The van der Waals surface area contributed by atoms with Gasteiger partial charge in [0.25, 0.3) is 0 Å². The number of amides is 1. The first-order valence-corrected chi connectivity index (χ1v) is 5.56. The molecule has 17 heavy (non-hydrogen) atoms. The predicted molar refractivity (Wildman–Crippen MR) is 67.7 cm³/mol. The lowest BCUT2D eigenvalue weighted by atomic mass is 10.1. The highest BCUT2D eigenvalue weighted by molar-refractivity contribution is 6.06. The van der Waals surface area contributed by atoms with E-state index in [2.05, 4.69) is 22.2 Å². The van der Waals surface area contributed by atoms with Gasteiger partial charge in [-0.05, 0) is 5.56 Å². The minimum Gasteiger partial charge on any atom is -0.344 e. The first-order chi connectivity index (χ1) is 8.29. The fourth-order valence-corrected chi connectivity index (χ4v) is 1.71. The molecule has 0 spiro atoms. The molecule has 1 aromatic rings. The van der Waals surface area contributed by atoms with Crippen molar-refractivity contribution < 1.29 is 4.79 Å². The van der Waals surface area contributed by atoms with E-state index in [1.165, 1.54) is 0 Å². The Morgan fingerprint density at radius 2 is 2.12 bits per heavy atom. The molecule has 1 atom stereocenters. The van der Waals surface area contributed by atoms with Crippen LogP contribution in [0.2, 0.25) is 0 Å². The third-order valence-corrected chi connectivity index (χ3v) is 2.53. The minimum absolute atomic E-state index is 0.0309. The van der Waals surface area contributed by atoms with Gasteiger partial charge in [-0.2, -0.15) is 0 Å². The van der Waals surface area contributed by atoms with Gasteiger partial charge in [0.1, 0.15) is 6.04 Å². The Labute approximate surface area is 100 Å². The molecule has 4 nitrogen and oxygen atoms in total. The molecule has 4 heteroatoms. The number of guanidine groups is 1. The molecule has 1 aliphatic rings. The summed E-state index contributed by atoms with van der Waals surface area (Å²) in [6, 6.07) is 9.68. The van der Waals surface area contributed by atoms with Crippen LogP contribution in [-0.4, -0.2) is 24.5 Å². The van der Waals surface area contributed by atoms with Crippen molar-refractivity contribution in [2.45, 2.75) is 12.5 Å². The number of hydrogen-bond donors (Lipinski definition) is 2. The number of nitrogens with zero attached hydrogens (tertiary/aromatic N) is 1. The normalized spacial score (nSPS) is 21.1. The van der Waals surface area contributed by atoms with Crippen LogP contribution in [0.5, 0.6) is 0 Å². The largest absolute Gasteiger partial charge is 0.344 e. The van der Waals surface area contributed by atoms with E-state index in [0.717, 1.165) is 5.56 Å². The summed E-state index contributed by atoms with van der Waals surface area (Å²) in [5.41, 5.74) is 1.13. The third-order valence-electron chi connectivity index (χ3n) is 2.53. The third kappa shape index (κ3) is 2.93. The lowest BCUT2D eigenvalue weighted by molar-refractivity contribution is -0.120. The summed E-state index contributed by atoms with van der Waals surface area (Å²) in [4.78, 5) is 15.8. The molecule has 1 aliphatic heterocycles. The highest BCUT2D eigenvalue weighted by Crippen LogP contribution is 2.05. The van der Waals surface area contributed by atoms with E-state index in [-0.39, 0.29) is 11.9 Å². The molecule has 1 saturated heterocycles. The maximum absolute atomic E-state index is 11.7. The van der Waals surface area contributed by atoms with E-state index < -0.39 is 0 Å². The van der Waals surface area contributed by atoms with Crippen LogP contribution in [0.4, 0.5) is 0 Å². The van der Waals surface area contributed by atoms with Crippen molar-refractivity contribution in [2.75, 3.05) is 6.54 Å². The van der Waals surface area contributed by atoms with E-state index in [1.54, 1.807) is 6.08 Å². The maximum Gasteiger partial charge on any atom is 0.249 e. The Morgan fingerprint density at radius 1 is 1.35 bits per heavy atom. The number of carbonyl (C=O) groups is 1. The highest BCUT2D eigenvalue weighted by Gasteiger charge is 2.27. The quantitative estimate of drug-likeness (QED) is 0.752. The topological polar surface area (TPSA) is 53.5 Å². The molecular formula is C13H15N3O. The van der Waals surface area contributed by atoms with E-state index in [4.69, 9.17) is 0 Å². The Morgan fingerprint density at radius 3 is 2.82 bits per heavy atom. The second kappa shape index (κ2) is 5.30. The fourth-order valence-electron chi connectivity index (χ4n) is 1.71. The SMILES string of the molecule is C=CCN=C1NC(=O)C(Cc2ccccc2)N1. The highest BCUT2D eigenvalue weighted by atomic mass is 16.2. The molecule has 1 amide bonds. The van der Waals surface area contributed by atoms with E-state index in [9.17, 15) is 4.79 Å². The van der Waals surface area contributed by atoms with Crippen LogP contribution >= 0.6 is 0 Å². The number of benzene rings is 1. The molecule has 2 N–H and O–H groups in total. The van der Waals surface area contributed by atoms with Gasteiger partial charge in [0.15, 0.2) is 5.96 Å². The first kappa shape index (κ1) is 11.4. The summed E-state index contributed by atoms with van der Waals surface area (Å²) >= 11 is 0. The fraction of sp³-hybridized carbons (Fsp3) is 0.231. The smallest absolute Gasteiger partial charge is 0.249 e. The van der Waals surface area contributed by atoms with Crippen LogP contribution in [0.15, 0.2) is 48.0 Å². The summed E-state index contributed by atoms with van der Waals surface area (Å²) in [7, 11) is 0. The lowest BCUT2D eigenvalue weighted by Crippen LogP contribution is -2.31. The van der Waals surface area contributed by atoms with Crippen molar-refractivity contribution in [3.05, 3.63) is 48.6 Å². The Balaban J connectivity index is 1.99. The number of carbonyl (C=O) groups excluding carboxylic acids is 1. The molecule has 0 saturated carbocycles. The zero-order valence-corrected chi connectivity index (χ0v) is 9.52. The molecule has 1 unspecified atom stereocenters. The van der Waals surface area contributed by atoms with Gasteiger partial charge in [-0.3, -0.25) is 10.1 Å². The molecule has 0 aliphatic carbocycles. The number of hydrogen-bond acceptors (Lipinski definition) is 2. The van der Waals surface area contributed by atoms with Crippen molar-refractivity contribution in [3.8, 4) is 0 Å². The van der Waals surface area contributed by atoms with Gasteiger partial charge in [-0.25, -0.2) is 4.99 Å². The Kier molecular flexibility index (Phi) is 3.55. The van der Waals surface area contributed by atoms with E-state index in [0.29, 0.717) is 18.9 Å². The summed E-state index contributed by atoms with van der Waals surface area (Å²) in [6.07, 6.45) is 2.35. The summed E-state index contributed by atoms with van der Waals surface area (Å²) in [5, 5.41) is 5.78. The van der Waals surface area contributed by atoms with Crippen molar-refractivity contribution in [3.63, 3.8) is 0 Å². The predicted octanol–water partition coefficient (Wildman–Crippen LogP) is 0.859. The zero-order chi connectivity index (χ0) is 12.1. The number of rotatable bonds is 4. The molecule has 1 aromatic carbocycles. The van der Waals surface area contributed by atoms with Crippen LogP contribution in [0.3, 0.4) is 0 Å². The van der Waals surface area contributed by atoms with Gasteiger partial charge in [0.05, 0.1) is 6.54 Å². The summed E-state index contributed by atoms with van der Waals surface area (Å²) in [6.45, 7) is 4.08. The van der Waals surface area contributed by atoms with Crippen molar-refractivity contribution in [2.24, 2.45) is 4.99 Å². The Bertz CT molecular complexity index is 439. The van der Waals surface area contributed by atoms with Gasteiger partial charge in [0.2, 0.25) is 5.91 Å².